The van der Waals surface area contributed by atoms with Crippen LogP contribution >= 0.6 is 11.6 Å². The number of methoxy groups -OCH3 is 1. The van der Waals surface area contributed by atoms with Crippen LogP contribution in [0.2, 0.25) is 5.02 Å². The first kappa shape index (κ1) is 12.8. The zero-order valence-electron chi connectivity index (χ0n) is 9.67. The Morgan fingerprint density at radius 3 is 2.75 bits per heavy atom. The number of hydrogen-bond donors (Lipinski definition) is 1. The van der Waals surface area contributed by atoms with Crippen LogP contribution in [0.4, 0.5) is 5.69 Å². The predicted molar refractivity (Wildman–Crippen MR) is 65.7 cm³/mol. The summed E-state index contributed by atoms with van der Waals surface area (Å²) >= 11 is 5.81. The molecule has 0 aliphatic heterocycles. The summed E-state index contributed by atoms with van der Waals surface area (Å²) in [6, 6.07) is 7.30. The van der Waals surface area contributed by atoms with Gasteiger partial charge in [0, 0.05) is 18.7 Å². The number of halogens is 1. The van der Waals surface area contributed by atoms with E-state index in [2.05, 4.69) is 11.4 Å². The van der Waals surface area contributed by atoms with Crippen LogP contribution in [-0.2, 0) is 4.74 Å². The Labute approximate surface area is 101 Å². The highest BCUT2D eigenvalue weighted by Gasteiger charge is 2.16. The molecule has 0 amide bonds. The van der Waals surface area contributed by atoms with Crippen LogP contribution < -0.4 is 5.32 Å². The van der Waals surface area contributed by atoms with Gasteiger partial charge in [0.15, 0.2) is 0 Å². The minimum Gasteiger partial charge on any atom is -0.381 e. The standard InChI is InChI=1S/C12H15ClN2O/c1-12(2,16-3)8-15-11-5-4-10(13)6-9(11)7-14/h4-6,15H,8H2,1-3H3. The van der Waals surface area contributed by atoms with E-state index < -0.39 is 0 Å². The molecule has 0 unspecified atom stereocenters. The lowest BCUT2D eigenvalue weighted by atomic mass is 10.1. The van der Waals surface area contributed by atoms with Gasteiger partial charge in [-0.15, -0.1) is 0 Å². The number of ether oxygens (including phenoxy) is 1. The molecule has 0 aromatic heterocycles. The molecule has 1 N–H and O–H groups in total. The van der Waals surface area contributed by atoms with E-state index in [1.54, 1.807) is 25.3 Å². The maximum atomic E-state index is 8.95. The number of nitrogens with zero attached hydrogens (tertiary/aromatic N) is 1. The Bertz CT molecular complexity index is 410. The van der Waals surface area contributed by atoms with Crippen LogP contribution in [0.5, 0.6) is 0 Å². The zero-order valence-corrected chi connectivity index (χ0v) is 10.4. The van der Waals surface area contributed by atoms with Gasteiger partial charge in [0.2, 0.25) is 0 Å². The fourth-order valence-electron chi connectivity index (χ4n) is 1.14. The van der Waals surface area contributed by atoms with E-state index in [9.17, 15) is 0 Å². The van der Waals surface area contributed by atoms with Gasteiger partial charge in [-0.05, 0) is 32.0 Å². The summed E-state index contributed by atoms with van der Waals surface area (Å²) < 4.78 is 5.29. The smallest absolute Gasteiger partial charge is 0.101 e. The summed E-state index contributed by atoms with van der Waals surface area (Å²) in [5.41, 5.74) is 1.04. The van der Waals surface area contributed by atoms with Crippen molar-refractivity contribution in [2.24, 2.45) is 0 Å². The fraction of sp³-hybridized carbons (Fsp3) is 0.417. The highest BCUT2D eigenvalue weighted by molar-refractivity contribution is 6.30. The number of rotatable bonds is 4. The Kier molecular flexibility index (Phi) is 4.17. The molecule has 0 spiro atoms. The Morgan fingerprint density at radius 2 is 2.19 bits per heavy atom. The van der Waals surface area contributed by atoms with Gasteiger partial charge in [0.25, 0.3) is 0 Å². The average molecular weight is 239 g/mol. The normalized spacial score (nSPS) is 10.9. The van der Waals surface area contributed by atoms with Gasteiger partial charge < -0.3 is 10.1 Å². The average Bonchev–Trinajstić information content (AvgIpc) is 2.27. The SMILES string of the molecule is COC(C)(C)CNc1ccc(Cl)cc1C#N. The van der Waals surface area contributed by atoms with Crippen molar-refractivity contribution in [2.45, 2.75) is 19.4 Å². The minimum absolute atomic E-state index is 0.271. The second-order valence-electron chi connectivity index (χ2n) is 4.12. The lowest BCUT2D eigenvalue weighted by Gasteiger charge is -2.24. The lowest BCUT2D eigenvalue weighted by molar-refractivity contribution is 0.0344. The van der Waals surface area contributed by atoms with Crippen LogP contribution in [0.15, 0.2) is 18.2 Å². The second-order valence-corrected chi connectivity index (χ2v) is 4.56. The van der Waals surface area contributed by atoms with Crippen molar-refractivity contribution in [3.05, 3.63) is 28.8 Å². The molecule has 4 heteroatoms. The molecule has 1 aromatic rings. The second kappa shape index (κ2) is 5.20. The van der Waals surface area contributed by atoms with E-state index in [4.69, 9.17) is 21.6 Å². The number of anilines is 1. The van der Waals surface area contributed by atoms with Crippen molar-refractivity contribution in [3.8, 4) is 6.07 Å². The first-order valence-corrected chi connectivity index (χ1v) is 5.35. The number of hydrogen-bond acceptors (Lipinski definition) is 3. The zero-order chi connectivity index (χ0) is 12.2. The van der Waals surface area contributed by atoms with Gasteiger partial charge in [-0.2, -0.15) is 5.26 Å². The van der Waals surface area contributed by atoms with Crippen LogP contribution in [0.3, 0.4) is 0 Å². The molecule has 1 aromatic carbocycles. The lowest BCUT2D eigenvalue weighted by Crippen LogP contribution is -2.32. The van der Waals surface area contributed by atoms with Crippen LogP contribution in [0, 0.1) is 11.3 Å². The molecular weight excluding hydrogens is 224 g/mol. The third-order valence-corrected chi connectivity index (χ3v) is 2.59. The summed E-state index contributed by atoms with van der Waals surface area (Å²) in [6.07, 6.45) is 0. The highest BCUT2D eigenvalue weighted by atomic mass is 35.5. The summed E-state index contributed by atoms with van der Waals surface area (Å²) in [5, 5.41) is 12.7. The summed E-state index contributed by atoms with van der Waals surface area (Å²) in [7, 11) is 1.66. The minimum atomic E-state index is -0.271. The summed E-state index contributed by atoms with van der Waals surface area (Å²) in [4.78, 5) is 0. The molecule has 0 saturated carbocycles. The molecule has 0 saturated heterocycles. The summed E-state index contributed by atoms with van der Waals surface area (Å²) in [6.45, 7) is 4.57. The number of nitrogens with one attached hydrogen (secondary N) is 1. The van der Waals surface area contributed by atoms with Crippen molar-refractivity contribution in [2.75, 3.05) is 19.0 Å². The van der Waals surface area contributed by atoms with E-state index in [0.29, 0.717) is 17.1 Å². The van der Waals surface area contributed by atoms with Crippen molar-refractivity contribution in [1.82, 2.24) is 0 Å². The highest BCUT2D eigenvalue weighted by Crippen LogP contribution is 2.20. The van der Waals surface area contributed by atoms with E-state index in [1.165, 1.54) is 0 Å². The first-order valence-electron chi connectivity index (χ1n) is 4.97. The van der Waals surface area contributed by atoms with Crippen molar-refractivity contribution < 1.29 is 4.74 Å². The molecule has 16 heavy (non-hydrogen) atoms. The Balaban J connectivity index is 2.79. The van der Waals surface area contributed by atoms with Crippen LogP contribution in [0.1, 0.15) is 19.4 Å². The van der Waals surface area contributed by atoms with E-state index >= 15 is 0 Å². The van der Waals surface area contributed by atoms with Gasteiger partial charge in [0.05, 0.1) is 16.9 Å². The largest absolute Gasteiger partial charge is 0.381 e. The monoisotopic (exact) mass is 238 g/mol. The third-order valence-electron chi connectivity index (χ3n) is 2.36. The molecule has 0 heterocycles. The van der Waals surface area contributed by atoms with E-state index in [-0.39, 0.29) is 5.60 Å². The Hall–Kier alpha value is -1.24. The molecule has 0 aliphatic carbocycles. The molecule has 0 radical (unpaired) electrons. The summed E-state index contributed by atoms with van der Waals surface area (Å²) in [5.74, 6) is 0. The van der Waals surface area contributed by atoms with E-state index in [1.807, 2.05) is 13.8 Å². The molecule has 1 rings (SSSR count). The maximum absolute atomic E-state index is 8.95. The van der Waals surface area contributed by atoms with Gasteiger partial charge in [-0.3, -0.25) is 0 Å². The quantitative estimate of drug-likeness (QED) is 0.877. The molecule has 86 valence electrons. The van der Waals surface area contributed by atoms with Gasteiger partial charge >= 0.3 is 0 Å². The van der Waals surface area contributed by atoms with Crippen molar-refractivity contribution >= 4 is 17.3 Å². The van der Waals surface area contributed by atoms with Gasteiger partial charge in [0.1, 0.15) is 6.07 Å². The third kappa shape index (κ3) is 3.41. The predicted octanol–water partition coefficient (Wildman–Crippen LogP) is 3.05. The van der Waals surface area contributed by atoms with Crippen molar-refractivity contribution in [3.63, 3.8) is 0 Å². The topological polar surface area (TPSA) is 45.0 Å². The fourth-order valence-corrected chi connectivity index (χ4v) is 1.32. The Morgan fingerprint density at radius 1 is 1.50 bits per heavy atom. The van der Waals surface area contributed by atoms with E-state index in [0.717, 1.165) is 5.69 Å². The van der Waals surface area contributed by atoms with Crippen LogP contribution in [-0.4, -0.2) is 19.3 Å². The number of nitriles is 1. The molecule has 0 atom stereocenters. The molecule has 0 aliphatic rings. The maximum Gasteiger partial charge on any atom is 0.101 e. The molecule has 3 nitrogen and oxygen atoms in total. The van der Waals surface area contributed by atoms with Crippen LogP contribution in [0.25, 0.3) is 0 Å². The molecule has 0 fully saturated rings. The van der Waals surface area contributed by atoms with Gasteiger partial charge in [-0.1, -0.05) is 11.6 Å². The van der Waals surface area contributed by atoms with Gasteiger partial charge in [-0.25, -0.2) is 0 Å². The first-order chi connectivity index (χ1) is 7.48. The molecule has 0 bridgehead atoms. The van der Waals surface area contributed by atoms with Crippen molar-refractivity contribution in [1.29, 1.82) is 5.26 Å². The number of benzene rings is 1. The molecular formula is C12H15ClN2O.